The van der Waals surface area contributed by atoms with Crippen LogP contribution in [-0.4, -0.2) is 7.28 Å². The SMILES string of the molecule is CC1C(BC2C[C@@H]3C[C@H](C2C)C3(C)C)C[C@@H]2C[C@H]1C2(C)C. The summed E-state index contributed by atoms with van der Waals surface area (Å²) in [5.41, 5.74) is 1.33. The number of rotatable bonds is 2. The van der Waals surface area contributed by atoms with Crippen LogP contribution in [0.4, 0.5) is 0 Å². The minimum Gasteiger partial charge on any atom is -0.0626 e. The molecule has 1 heteroatoms. The lowest BCUT2D eigenvalue weighted by atomic mass is 9.31. The first kappa shape index (κ1) is 14.6. The molecule has 6 fully saturated rings. The van der Waals surface area contributed by atoms with E-state index in [-0.39, 0.29) is 0 Å². The van der Waals surface area contributed by atoms with E-state index < -0.39 is 0 Å². The van der Waals surface area contributed by atoms with Crippen LogP contribution >= 0.6 is 0 Å². The van der Waals surface area contributed by atoms with Crippen molar-refractivity contribution in [2.75, 3.05) is 0 Å². The van der Waals surface area contributed by atoms with Crippen molar-refractivity contribution in [3.63, 3.8) is 0 Å². The highest BCUT2D eigenvalue weighted by atomic mass is 14.6. The van der Waals surface area contributed by atoms with Gasteiger partial charge in [-0.05, 0) is 59.2 Å². The average Bonchev–Trinajstić information content (AvgIpc) is 2.41. The van der Waals surface area contributed by atoms with E-state index in [4.69, 9.17) is 0 Å². The lowest BCUT2D eigenvalue weighted by Gasteiger charge is -2.65. The molecule has 0 saturated heterocycles. The fourth-order valence-corrected chi connectivity index (χ4v) is 7.52. The van der Waals surface area contributed by atoms with Crippen molar-refractivity contribution in [2.24, 2.45) is 46.3 Å². The highest BCUT2D eigenvalue weighted by molar-refractivity contribution is 6.40. The summed E-state index contributed by atoms with van der Waals surface area (Å²) in [5, 5.41) is 0. The van der Waals surface area contributed by atoms with Gasteiger partial charge in [0.1, 0.15) is 7.28 Å². The second kappa shape index (κ2) is 4.32. The standard InChI is InChI=1S/C20H35B/c1-11-15-7-13(19(15,3)4)9-17(11)21-18-10-14-8-16(12(18)2)20(14,5)6/h11-18,21H,7-10H2,1-6H3/t11?,12?,13-,14-,15+,16+,17?,18?/m0/s1. The normalized spacial score (nSPS) is 56.1. The van der Waals surface area contributed by atoms with Gasteiger partial charge in [-0.25, -0.2) is 0 Å². The minimum atomic E-state index is 0.665. The predicted molar refractivity (Wildman–Crippen MR) is 93.0 cm³/mol. The van der Waals surface area contributed by atoms with E-state index in [2.05, 4.69) is 41.5 Å². The minimum absolute atomic E-state index is 0.665. The molecule has 6 aliphatic carbocycles. The first-order chi connectivity index (χ1) is 9.73. The third-order valence-corrected chi connectivity index (χ3v) is 9.63. The molecule has 4 bridgehead atoms. The van der Waals surface area contributed by atoms with Crippen LogP contribution < -0.4 is 0 Å². The van der Waals surface area contributed by atoms with Crippen molar-refractivity contribution in [2.45, 2.75) is 78.9 Å². The van der Waals surface area contributed by atoms with Crippen LogP contribution in [0, 0.1) is 46.3 Å². The van der Waals surface area contributed by atoms with Crippen LogP contribution in [-0.2, 0) is 0 Å². The molecule has 0 aromatic rings. The Kier molecular flexibility index (Phi) is 3.02. The smallest absolute Gasteiger partial charge is 0.0626 e. The highest BCUT2D eigenvalue weighted by Gasteiger charge is 2.59. The highest BCUT2D eigenvalue weighted by Crippen LogP contribution is 2.68. The Labute approximate surface area is 133 Å². The lowest BCUT2D eigenvalue weighted by Crippen LogP contribution is -2.57. The van der Waals surface area contributed by atoms with Gasteiger partial charge in [0, 0.05) is 0 Å². The van der Waals surface area contributed by atoms with E-state index >= 15 is 0 Å². The Balaban J connectivity index is 1.42. The fourth-order valence-electron chi connectivity index (χ4n) is 7.52. The molecule has 0 N–H and O–H groups in total. The van der Waals surface area contributed by atoms with Crippen LogP contribution in [0.15, 0.2) is 0 Å². The second-order valence-corrected chi connectivity index (χ2v) is 10.7. The van der Waals surface area contributed by atoms with Crippen molar-refractivity contribution < 1.29 is 0 Å². The van der Waals surface area contributed by atoms with E-state index in [0.29, 0.717) is 10.8 Å². The molecule has 8 atom stereocenters. The van der Waals surface area contributed by atoms with Gasteiger partial charge in [-0.15, -0.1) is 0 Å². The van der Waals surface area contributed by atoms with Crippen molar-refractivity contribution in [3.8, 4) is 0 Å². The zero-order valence-electron chi connectivity index (χ0n) is 15.2. The van der Waals surface area contributed by atoms with Gasteiger partial charge in [-0.1, -0.05) is 66.0 Å². The van der Waals surface area contributed by atoms with Crippen molar-refractivity contribution in [1.29, 1.82) is 0 Å². The number of fused-ring (bicyclic) bond motifs is 4. The van der Waals surface area contributed by atoms with Crippen LogP contribution in [0.3, 0.4) is 0 Å². The molecule has 6 aliphatic rings. The van der Waals surface area contributed by atoms with Crippen molar-refractivity contribution >= 4 is 7.28 Å². The van der Waals surface area contributed by atoms with E-state index in [0.717, 1.165) is 47.1 Å². The first-order valence-electron chi connectivity index (χ1n) is 9.73. The molecule has 21 heavy (non-hydrogen) atoms. The van der Waals surface area contributed by atoms with E-state index in [1.807, 2.05) is 0 Å². The maximum Gasteiger partial charge on any atom is 0.128 e. The van der Waals surface area contributed by atoms with E-state index in [1.54, 1.807) is 33.0 Å². The molecule has 0 aromatic heterocycles. The van der Waals surface area contributed by atoms with Gasteiger partial charge in [-0.2, -0.15) is 0 Å². The molecule has 0 nitrogen and oxygen atoms in total. The van der Waals surface area contributed by atoms with E-state index in [1.165, 1.54) is 0 Å². The van der Waals surface area contributed by atoms with Gasteiger partial charge in [-0.3, -0.25) is 0 Å². The summed E-state index contributed by atoms with van der Waals surface area (Å²) >= 11 is 0. The van der Waals surface area contributed by atoms with Gasteiger partial charge in [0.05, 0.1) is 0 Å². The Hall–Kier alpha value is 0.0649. The fraction of sp³-hybridized carbons (Fsp3) is 1.00. The molecule has 0 radical (unpaired) electrons. The molecule has 6 rings (SSSR count). The van der Waals surface area contributed by atoms with Gasteiger partial charge < -0.3 is 0 Å². The van der Waals surface area contributed by atoms with Gasteiger partial charge in [0.2, 0.25) is 0 Å². The molecule has 0 amide bonds. The van der Waals surface area contributed by atoms with Gasteiger partial charge in [0.15, 0.2) is 0 Å². The van der Waals surface area contributed by atoms with Crippen LogP contribution in [0.2, 0.25) is 11.6 Å². The number of hydrogen-bond donors (Lipinski definition) is 0. The summed E-state index contributed by atoms with van der Waals surface area (Å²) in [5.74, 6) is 8.25. The van der Waals surface area contributed by atoms with Gasteiger partial charge in [0.25, 0.3) is 0 Å². The molecule has 4 unspecified atom stereocenters. The molecule has 118 valence electrons. The van der Waals surface area contributed by atoms with E-state index in [9.17, 15) is 0 Å². The third kappa shape index (κ3) is 1.81. The zero-order valence-corrected chi connectivity index (χ0v) is 15.2. The van der Waals surface area contributed by atoms with Crippen LogP contribution in [0.1, 0.15) is 67.2 Å². The quantitative estimate of drug-likeness (QED) is 0.596. The summed E-state index contributed by atoms with van der Waals surface area (Å²) in [7, 11) is 1.56. The van der Waals surface area contributed by atoms with Crippen molar-refractivity contribution in [3.05, 3.63) is 0 Å². The predicted octanol–water partition coefficient (Wildman–Crippen LogP) is 5.40. The molecule has 0 heterocycles. The molecule has 6 saturated carbocycles. The maximum absolute atomic E-state index is 2.59. The largest absolute Gasteiger partial charge is 0.128 e. The summed E-state index contributed by atoms with van der Waals surface area (Å²) < 4.78 is 0. The van der Waals surface area contributed by atoms with Crippen LogP contribution in [0.25, 0.3) is 0 Å². The van der Waals surface area contributed by atoms with Crippen LogP contribution in [0.5, 0.6) is 0 Å². The van der Waals surface area contributed by atoms with Crippen molar-refractivity contribution in [1.82, 2.24) is 0 Å². The lowest BCUT2D eigenvalue weighted by molar-refractivity contribution is -0.106. The second-order valence-electron chi connectivity index (χ2n) is 10.7. The Morgan fingerprint density at radius 1 is 0.667 bits per heavy atom. The summed E-state index contributed by atoms with van der Waals surface area (Å²) in [6.07, 6.45) is 6.19. The summed E-state index contributed by atoms with van der Waals surface area (Å²) in [4.78, 5) is 0. The molecule has 0 aliphatic heterocycles. The summed E-state index contributed by atoms with van der Waals surface area (Å²) in [6, 6.07) is 0. The Bertz CT molecular complexity index is 397. The first-order valence-corrected chi connectivity index (χ1v) is 9.73. The topological polar surface area (TPSA) is 0 Å². The monoisotopic (exact) mass is 286 g/mol. The summed E-state index contributed by atoms with van der Waals surface area (Å²) in [6.45, 7) is 15.3. The Morgan fingerprint density at radius 3 is 1.33 bits per heavy atom. The molecular formula is C20H35B. The van der Waals surface area contributed by atoms with Gasteiger partial charge >= 0.3 is 0 Å². The molecule has 0 aromatic carbocycles. The zero-order chi connectivity index (χ0) is 15.2. The molecule has 0 spiro atoms. The number of hydrogen-bond acceptors (Lipinski definition) is 0. The Morgan fingerprint density at radius 2 is 1.05 bits per heavy atom. The average molecular weight is 286 g/mol. The molecular weight excluding hydrogens is 251 g/mol. The third-order valence-electron chi connectivity index (χ3n) is 9.63. The maximum atomic E-state index is 2.59.